The van der Waals surface area contributed by atoms with E-state index in [1.54, 1.807) is 38.3 Å². The Morgan fingerprint density at radius 3 is 2.59 bits per heavy atom. The predicted molar refractivity (Wildman–Crippen MR) is 144 cm³/mol. The van der Waals surface area contributed by atoms with E-state index in [0.717, 1.165) is 47.9 Å². The summed E-state index contributed by atoms with van der Waals surface area (Å²) in [6.07, 6.45) is 8.18. The SMILES string of the molecule is C=CC1=C(C=C)[C@H](c2ccc(F)cc2)N(C=O)CC1.CC1CCC(SCCNSI)CO1. The summed E-state index contributed by atoms with van der Waals surface area (Å²) in [6, 6.07) is 6.00. The molecule has 3 atom stereocenters. The Morgan fingerprint density at radius 2 is 2.03 bits per heavy atom. The number of ether oxygens (including phenoxy) is 1. The normalized spacial score (nSPS) is 23.2. The fourth-order valence-corrected chi connectivity index (χ4v) is 5.77. The number of thioether (sulfide) groups is 1. The van der Waals surface area contributed by atoms with Crippen LogP contribution in [0.25, 0.3) is 0 Å². The number of carbonyl (C=O) groups excluding carboxylic acids is 1. The molecule has 2 unspecified atom stereocenters. The zero-order chi connectivity index (χ0) is 23.3. The number of carbonyl (C=O) groups is 1. The van der Waals surface area contributed by atoms with Crippen molar-refractivity contribution < 1.29 is 13.9 Å². The van der Waals surface area contributed by atoms with E-state index in [-0.39, 0.29) is 11.9 Å². The van der Waals surface area contributed by atoms with Crippen LogP contribution in [0.1, 0.15) is 37.8 Å². The Bertz CT molecular complexity index is 768. The summed E-state index contributed by atoms with van der Waals surface area (Å²) in [4.78, 5) is 12.9. The van der Waals surface area contributed by atoms with Gasteiger partial charge in [-0.3, -0.25) is 9.52 Å². The molecule has 1 amide bonds. The molecule has 0 saturated carbocycles. The third kappa shape index (κ3) is 8.52. The van der Waals surface area contributed by atoms with Gasteiger partial charge in [-0.15, -0.1) is 0 Å². The molecule has 2 aliphatic heterocycles. The average Bonchev–Trinajstić information content (AvgIpc) is 2.83. The van der Waals surface area contributed by atoms with Gasteiger partial charge in [0.25, 0.3) is 0 Å². The van der Waals surface area contributed by atoms with Gasteiger partial charge in [0.15, 0.2) is 0 Å². The standard InChI is InChI=1S/C16H16FNO.C8H16INOS2/c1-3-12-9-10-18(11-19)16(15(12)4-2)13-5-7-14(17)8-6-13;1-7-2-3-8(6-11-7)12-5-4-10-13-9/h3-8,11,16H,1-2,9-10H2;7-8,10H,2-6H2,1H3/t16-;/m0./s1. The minimum Gasteiger partial charge on any atom is -0.377 e. The molecule has 0 spiro atoms. The van der Waals surface area contributed by atoms with Crippen LogP contribution in [0.15, 0.2) is 60.7 Å². The van der Waals surface area contributed by atoms with Crippen molar-refractivity contribution in [2.75, 3.05) is 25.4 Å². The summed E-state index contributed by atoms with van der Waals surface area (Å²) < 4.78 is 21.9. The highest BCUT2D eigenvalue weighted by molar-refractivity contribution is 14.2. The van der Waals surface area contributed by atoms with Crippen molar-refractivity contribution in [1.29, 1.82) is 0 Å². The van der Waals surface area contributed by atoms with Crippen LogP contribution in [0, 0.1) is 5.82 Å². The quantitative estimate of drug-likeness (QED) is 0.159. The first-order chi connectivity index (χ1) is 15.5. The molecule has 1 fully saturated rings. The molecule has 2 heterocycles. The van der Waals surface area contributed by atoms with Gasteiger partial charge < -0.3 is 9.64 Å². The highest BCUT2D eigenvalue weighted by Crippen LogP contribution is 2.36. The summed E-state index contributed by atoms with van der Waals surface area (Å²) in [7, 11) is 1.66. The summed E-state index contributed by atoms with van der Waals surface area (Å²) in [5.41, 5.74) is 2.92. The number of allylic oxidation sites excluding steroid dienone is 1. The summed E-state index contributed by atoms with van der Waals surface area (Å²) in [6.45, 7) is 12.5. The molecule has 1 aromatic rings. The number of hydrogen-bond acceptors (Lipinski definition) is 5. The molecule has 3 rings (SSSR count). The molecule has 0 bridgehead atoms. The van der Waals surface area contributed by atoms with E-state index in [9.17, 15) is 9.18 Å². The smallest absolute Gasteiger partial charge is 0.210 e. The Hall–Kier alpha value is -0.810. The summed E-state index contributed by atoms with van der Waals surface area (Å²) in [5.74, 6) is 0.906. The highest BCUT2D eigenvalue weighted by atomic mass is 127. The van der Waals surface area contributed by atoms with Crippen LogP contribution in [0.5, 0.6) is 0 Å². The molecule has 32 heavy (non-hydrogen) atoms. The number of hydrogen-bond donors (Lipinski definition) is 1. The molecule has 1 N–H and O–H groups in total. The molecule has 1 aromatic carbocycles. The van der Waals surface area contributed by atoms with Gasteiger partial charge in [0.2, 0.25) is 6.41 Å². The van der Waals surface area contributed by atoms with Gasteiger partial charge in [-0.2, -0.15) is 11.8 Å². The fraction of sp³-hybridized carbons (Fsp3) is 0.458. The van der Waals surface area contributed by atoms with Crippen molar-refractivity contribution in [1.82, 2.24) is 9.62 Å². The zero-order valence-electron chi connectivity index (χ0n) is 18.5. The van der Waals surface area contributed by atoms with Gasteiger partial charge in [-0.25, -0.2) is 4.39 Å². The van der Waals surface area contributed by atoms with Gasteiger partial charge in [-0.05, 0) is 64.1 Å². The summed E-state index contributed by atoms with van der Waals surface area (Å²) >= 11 is 4.29. The molecule has 176 valence electrons. The Morgan fingerprint density at radius 1 is 1.28 bits per heavy atom. The van der Waals surface area contributed by atoms with Crippen molar-refractivity contribution >= 4 is 48.5 Å². The lowest BCUT2D eigenvalue weighted by molar-refractivity contribution is -0.119. The molecule has 0 aromatic heterocycles. The molecule has 0 aliphatic carbocycles. The largest absolute Gasteiger partial charge is 0.377 e. The van der Waals surface area contributed by atoms with Crippen molar-refractivity contribution in [2.24, 2.45) is 0 Å². The lowest BCUT2D eigenvalue weighted by Gasteiger charge is -2.35. The number of nitrogens with one attached hydrogen (secondary N) is 1. The maximum absolute atomic E-state index is 13.0. The second-order valence-corrected chi connectivity index (χ2v) is 10.8. The lowest BCUT2D eigenvalue weighted by Crippen LogP contribution is -2.33. The van der Waals surface area contributed by atoms with Gasteiger partial charge in [0, 0.05) is 45.3 Å². The van der Waals surface area contributed by atoms with Crippen molar-refractivity contribution in [3.8, 4) is 0 Å². The first-order valence-electron chi connectivity index (χ1n) is 10.7. The molecule has 4 nitrogen and oxygen atoms in total. The molecule has 2 aliphatic rings. The highest BCUT2D eigenvalue weighted by Gasteiger charge is 2.27. The second-order valence-electron chi connectivity index (χ2n) is 7.62. The number of nitrogens with zero attached hydrogens (tertiary/aromatic N) is 1. The van der Waals surface area contributed by atoms with Crippen LogP contribution in [-0.2, 0) is 9.53 Å². The predicted octanol–water partition coefficient (Wildman–Crippen LogP) is 6.27. The number of benzene rings is 1. The van der Waals surface area contributed by atoms with Crippen LogP contribution < -0.4 is 4.72 Å². The van der Waals surface area contributed by atoms with Gasteiger partial charge in [0.1, 0.15) is 5.82 Å². The minimum absolute atomic E-state index is 0.211. The van der Waals surface area contributed by atoms with Crippen LogP contribution >= 0.6 is 42.1 Å². The van der Waals surface area contributed by atoms with E-state index in [0.29, 0.717) is 12.6 Å². The van der Waals surface area contributed by atoms with Crippen LogP contribution in [-0.4, -0.2) is 48.1 Å². The van der Waals surface area contributed by atoms with Crippen molar-refractivity contribution in [2.45, 2.75) is 43.6 Å². The first-order valence-corrected chi connectivity index (χ1v) is 15.1. The first kappa shape index (κ1) is 27.4. The van der Waals surface area contributed by atoms with Gasteiger partial charge in [-0.1, -0.05) is 37.4 Å². The number of amides is 1. The van der Waals surface area contributed by atoms with E-state index in [1.165, 1.54) is 30.7 Å². The second kappa shape index (κ2) is 15.2. The third-order valence-corrected chi connectivity index (χ3v) is 8.03. The molecular formula is C24H32FIN2O2S2. The molecule has 1 saturated heterocycles. The van der Waals surface area contributed by atoms with Crippen LogP contribution in [0.4, 0.5) is 4.39 Å². The fourth-order valence-electron chi connectivity index (χ4n) is 3.77. The van der Waals surface area contributed by atoms with Crippen molar-refractivity contribution in [3.63, 3.8) is 0 Å². The van der Waals surface area contributed by atoms with Gasteiger partial charge >= 0.3 is 0 Å². The number of halogens is 2. The van der Waals surface area contributed by atoms with Crippen LogP contribution in [0.3, 0.4) is 0 Å². The van der Waals surface area contributed by atoms with E-state index in [2.05, 4.69) is 46.0 Å². The average molecular weight is 591 g/mol. The van der Waals surface area contributed by atoms with E-state index in [4.69, 9.17) is 4.74 Å². The van der Waals surface area contributed by atoms with E-state index in [1.807, 2.05) is 11.8 Å². The zero-order valence-corrected chi connectivity index (χ0v) is 22.3. The Balaban J connectivity index is 0.000000244. The molecule has 8 heteroatoms. The Labute approximate surface area is 212 Å². The third-order valence-electron chi connectivity index (χ3n) is 5.50. The minimum atomic E-state index is -0.287. The number of rotatable bonds is 9. The molecule has 0 radical (unpaired) electrons. The summed E-state index contributed by atoms with van der Waals surface area (Å²) in [5, 5.41) is 0.734. The van der Waals surface area contributed by atoms with Crippen molar-refractivity contribution in [3.05, 3.63) is 72.1 Å². The monoisotopic (exact) mass is 590 g/mol. The molecular weight excluding hydrogens is 558 g/mol. The van der Waals surface area contributed by atoms with Gasteiger partial charge in [0.05, 0.1) is 18.8 Å². The maximum atomic E-state index is 13.0. The topological polar surface area (TPSA) is 41.6 Å². The van der Waals surface area contributed by atoms with Crippen LogP contribution in [0.2, 0.25) is 0 Å². The van der Waals surface area contributed by atoms with E-state index >= 15 is 0 Å². The lowest BCUT2D eigenvalue weighted by atomic mass is 9.88. The maximum Gasteiger partial charge on any atom is 0.210 e. The Kier molecular flexibility index (Phi) is 13.0. The van der Waals surface area contributed by atoms with E-state index < -0.39 is 0 Å².